The van der Waals surface area contributed by atoms with Gasteiger partial charge in [-0.25, -0.2) is 0 Å². The van der Waals surface area contributed by atoms with Crippen LogP contribution in [0.1, 0.15) is 28.9 Å². The molecule has 1 aromatic heterocycles. The SMILES string of the molecule is Cc1[nH]c2ccccc2c1C(=O)CN1CCCC1C(=O)O. The highest BCUT2D eigenvalue weighted by Crippen LogP contribution is 2.24. The molecule has 1 saturated heterocycles. The van der Waals surface area contributed by atoms with Crippen LogP contribution in [0.2, 0.25) is 0 Å². The number of carbonyl (C=O) groups excluding carboxylic acids is 1. The van der Waals surface area contributed by atoms with Crippen LogP contribution < -0.4 is 0 Å². The summed E-state index contributed by atoms with van der Waals surface area (Å²) in [5.41, 5.74) is 2.46. The van der Waals surface area contributed by atoms with E-state index in [0.29, 0.717) is 18.5 Å². The fourth-order valence-electron chi connectivity index (χ4n) is 3.19. The number of fused-ring (bicyclic) bond motifs is 1. The minimum absolute atomic E-state index is 0.0156. The number of aryl methyl sites for hydroxylation is 1. The summed E-state index contributed by atoms with van der Waals surface area (Å²) in [6, 6.07) is 7.16. The van der Waals surface area contributed by atoms with Gasteiger partial charge in [-0.2, -0.15) is 0 Å². The zero-order chi connectivity index (χ0) is 15.0. The molecule has 0 aliphatic carbocycles. The number of likely N-dealkylation sites (tertiary alicyclic amines) is 1. The number of Topliss-reactive ketones (excluding diaryl/α,β-unsaturated/α-hetero) is 1. The molecule has 0 saturated carbocycles. The number of aromatic amines is 1. The lowest BCUT2D eigenvalue weighted by molar-refractivity contribution is -0.141. The molecule has 110 valence electrons. The number of benzene rings is 1. The van der Waals surface area contributed by atoms with Crippen LogP contribution in [-0.4, -0.2) is 45.9 Å². The van der Waals surface area contributed by atoms with Crippen molar-refractivity contribution < 1.29 is 14.7 Å². The lowest BCUT2D eigenvalue weighted by Crippen LogP contribution is -2.39. The molecule has 21 heavy (non-hydrogen) atoms. The van der Waals surface area contributed by atoms with Crippen LogP contribution in [0.5, 0.6) is 0 Å². The minimum Gasteiger partial charge on any atom is -0.480 e. The first kappa shape index (κ1) is 13.8. The van der Waals surface area contributed by atoms with Gasteiger partial charge in [-0.15, -0.1) is 0 Å². The fraction of sp³-hybridized carbons (Fsp3) is 0.375. The molecule has 2 heterocycles. The average Bonchev–Trinajstić information content (AvgIpc) is 3.01. The second-order valence-corrected chi connectivity index (χ2v) is 5.56. The van der Waals surface area contributed by atoms with Crippen molar-refractivity contribution in [2.24, 2.45) is 0 Å². The molecule has 3 rings (SSSR count). The number of para-hydroxylation sites is 1. The highest BCUT2D eigenvalue weighted by atomic mass is 16.4. The number of hydrogen-bond donors (Lipinski definition) is 2. The van der Waals surface area contributed by atoms with E-state index in [-0.39, 0.29) is 12.3 Å². The third kappa shape index (κ3) is 2.45. The molecule has 1 aliphatic rings. The Hall–Kier alpha value is -2.14. The molecule has 5 nitrogen and oxygen atoms in total. The predicted molar refractivity (Wildman–Crippen MR) is 79.6 cm³/mol. The number of hydrogen-bond acceptors (Lipinski definition) is 3. The van der Waals surface area contributed by atoms with Gasteiger partial charge in [-0.1, -0.05) is 18.2 Å². The fourth-order valence-corrected chi connectivity index (χ4v) is 3.19. The summed E-state index contributed by atoms with van der Waals surface area (Å²) in [6.07, 6.45) is 1.45. The maximum absolute atomic E-state index is 12.6. The summed E-state index contributed by atoms with van der Waals surface area (Å²) in [7, 11) is 0. The lowest BCUT2D eigenvalue weighted by atomic mass is 10.1. The maximum atomic E-state index is 12.6. The molecule has 2 aromatic rings. The standard InChI is InChI=1S/C16H18N2O3/c1-10-15(11-5-2-3-6-12(11)17-10)14(19)9-18-8-4-7-13(18)16(20)21/h2-3,5-6,13,17H,4,7-9H2,1H3,(H,20,21). The van der Waals surface area contributed by atoms with Crippen molar-refractivity contribution in [3.05, 3.63) is 35.5 Å². The molecule has 0 spiro atoms. The van der Waals surface area contributed by atoms with E-state index in [2.05, 4.69) is 4.98 Å². The Morgan fingerprint density at radius 2 is 2.14 bits per heavy atom. The number of aliphatic carboxylic acids is 1. The second-order valence-electron chi connectivity index (χ2n) is 5.56. The average molecular weight is 286 g/mol. The van der Waals surface area contributed by atoms with Gasteiger partial charge < -0.3 is 10.1 Å². The number of carbonyl (C=O) groups is 2. The van der Waals surface area contributed by atoms with E-state index in [1.165, 1.54) is 0 Å². The lowest BCUT2D eigenvalue weighted by Gasteiger charge is -2.20. The smallest absolute Gasteiger partial charge is 0.320 e. The Bertz CT molecular complexity index is 705. The van der Waals surface area contributed by atoms with Gasteiger partial charge in [0, 0.05) is 22.2 Å². The van der Waals surface area contributed by atoms with Crippen molar-refractivity contribution >= 4 is 22.7 Å². The highest BCUT2D eigenvalue weighted by Gasteiger charge is 2.32. The largest absolute Gasteiger partial charge is 0.480 e. The molecule has 1 unspecified atom stereocenters. The van der Waals surface area contributed by atoms with E-state index in [9.17, 15) is 14.7 Å². The number of carboxylic acids is 1. The van der Waals surface area contributed by atoms with Crippen LogP contribution in [0.4, 0.5) is 0 Å². The number of H-pyrrole nitrogens is 1. The van der Waals surface area contributed by atoms with Gasteiger partial charge in [-0.05, 0) is 32.4 Å². The molecule has 5 heteroatoms. The number of rotatable bonds is 4. The third-order valence-corrected chi connectivity index (χ3v) is 4.17. The minimum atomic E-state index is -0.837. The summed E-state index contributed by atoms with van der Waals surface area (Å²) >= 11 is 0. The number of nitrogens with zero attached hydrogens (tertiary/aromatic N) is 1. The maximum Gasteiger partial charge on any atom is 0.320 e. The zero-order valence-corrected chi connectivity index (χ0v) is 11.9. The van der Waals surface area contributed by atoms with Crippen LogP contribution in [0, 0.1) is 6.92 Å². The predicted octanol–water partition coefficient (Wildman–Crippen LogP) is 2.21. The number of aromatic nitrogens is 1. The molecule has 1 aliphatic heterocycles. The number of carboxylic acid groups (broad SMARTS) is 1. The van der Waals surface area contributed by atoms with Gasteiger partial charge in [-0.3, -0.25) is 14.5 Å². The Labute approximate surface area is 122 Å². The Morgan fingerprint density at radius 1 is 1.38 bits per heavy atom. The molecule has 0 radical (unpaired) electrons. The number of ketones is 1. The Kier molecular flexibility index (Phi) is 3.51. The Morgan fingerprint density at radius 3 is 2.90 bits per heavy atom. The van der Waals surface area contributed by atoms with Gasteiger partial charge in [0.1, 0.15) is 6.04 Å². The van der Waals surface area contributed by atoms with Crippen LogP contribution in [0.3, 0.4) is 0 Å². The van der Waals surface area contributed by atoms with E-state index in [4.69, 9.17) is 0 Å². The van der Waals surface area contributed by atoms with Gasteiger partial charge in [0.2, 0.25) is 0 Å². The first-order valence-electron chi connectivity index (χ1n) is 7.15. The molecule has 1 atom stereocenters. The summed E-state index contributed by atoms with van der Waals surface area (Å²) in [6.45, 7) is 2.72. The van der Waals surface area contributed by atoms with Crippen LogP contribution in [0.15, 0.2) is 24.3 Å². The number of nitrogens with one attached hydrogen (secondary N) is 1. The monoisotopic (exact) mass is 286 g/mol. The van der Waals surface area contributed by atoms with Crippen molar-refractivity contribution in [3.8, 4) is 0 Å². The van der Waals surface area contributed by atoms with Crippen LogP contribution in [-0.2, 0) is 4.79 Å². The molecule has 0 bridgehead atoms. The van der Waals surface area contributed by atoms with Crippen molar-refractivity contribution in [2.75, 3.05) is 13.1 Å². The van der Waals surface area contributed by atoms with Crippen molar-refractivity contribution in [1.82, 2.24) is 9.88 Å². The van der Waals surface area contributed by atoms with Gasteiger partial charge in [0.15, 0.2) is 5.78 Å². The normalized spacial score (nSPS) is 19.2. The van der Waals surface area contributed by atoms with E-state index < -0.39 is 12.0 Å². The molecular formula is C16H18N2O3. The molecule has 2 N–H and O–H groups in total. The van der Waals surface area contributed by atoms with Crippen molar-refractivity contribution in [1.29, 1.82) is 0 Å². The zero-order valence-electron chi connectivity index (χ0n) is 11.9. The van der Waals surface area contributed by atoms with Crippen molar-refractivity contribution in [3.63, 3.8) is 0 Å². The quantitative estimate of drug-likeness (QED) is 0.845. The summed E-state index contributed by atoms with van der Waals surface area (Å²) in [4.78, 5) is 28.8. The van der Waals surface area contributed by atoms with Gasteiger partial charge in [0.05, 0.1) is 6.54 Å². The molecular weight excluding hydrogens is 268 g/mol. The molecule has 1 aromatic carbocycles. The van der Waals surface area contributed by atoms with E-state index in [1.807, 2.05) is 31.2 Å². The second kappa shape index (κ2) is 5.33. The Balaban J connectivity index is 1.87. The highest BCUT2D eigenvalue weighted by molar-refractivity contribution is 6.10. The van der Waals surface area contributed by atoms with Crippen LogP contribution >= 0.6 is 0 Å². The first-order chi connectivity index (χ1) is 10.1. The van der Waals surface area contributed by atoms with Gasteiger partial charge in [0.25, 0.3) is 0 Å². The first-order valence-corrected chi connectivity index (χ1v) is 7.15. The van der Waals surface area contributed by atoms with E-state index in [0.717, 1.165) is 23.0 Å². The van der Waals surface area contributed by atoms with E-state index >= 15 is 0 Å². The van der Waals surface area contributed by atoms with Gasteiger partial charge >= 0.3 is 5.97 Å². The summed E-state index contributed by atoms with van der Waals surface area (Å²) in [5, 5.41) is 10.1. The molecule has 1 fully saturated rings. The third-order valence-electron chi connectivity index (χ3n) is 4.17. The summed E-state index contributed by atoms with van der Waals surface area (Å²) in [5.74, 6) is -0.853. The molecule has 0 amide bonds. The van der Waals surface area contributed by atoms with Crippen LogP contribution in [0.25, 0.3) is 10.9 Å². The summed E-state index contributed by atoms with van der Waals surface area (Å²) < 4.78 is 0. The van der Waals surface area contributed by atoms with Crippen molar-refractivity contribution in [2.45, 2.75) is 25.8 Å². The van der Waals surface area contributed by atoms with E-state index in [1.54, 1.807) is 4.90 Å². The topological polar surface area (TPSA) is 73.4 Å².